The van der Waals surface area contributed by atoms with Gasteiger partial charge in [-0.25, -0.2) is 0 Å². The highest BCUT2D eigenvalue weighted by Crippen LogP contribution is 2.24. The highest BCUT2D eigenvalue weighted by atomic mass is 35.5. The van der Waals surface area contributed by atoms with Gasteiger partial charge in [-0.1, -0.05) is 35.2 Å². The first-order chi connectivity index (χ1) is 8.13. The van der Waals surface area contributed by atoms with Crippen LogP contribution in [0, 0.1) is 12.3 Å². The summed E-state index contributed by atoms with van der Waals surface area (Å²) in [5.41, 5.74) is 0.964. The third kappa shape index (κ3) is 5.36. The van der Waals surface area contributed by atoms with Crippen LogP contribution in [0.2, 0.25) is 10.0 Å². The van der Waals surface area contributed by atoms with Gasteiger partial charge in [-0.2, -0.15) is 0 Å². The van der Waals surface area contributed by atoms with E-state index in [0.717, 1.165) is 5.56 Å². The number of rotatable bonds is 5. The minimum atomic E-state index is -0.0713. The summed E-state index contributed by atoms with van der Waals surface area (Å²) in [6, 6.07) is 5.33. The Morgan fingerprint density at radius 2 is 2.24 bits per heavy atom. The van der Waals surface area contributed by atoms with Crippen LogP contribution < -0.4 is 5.32 Å². The quantitative estimate of drug-likeness (QED) is 0.844. The van der Waals surface area contributed by atoms with Gasteiger partial charge in [0.15, 0.2) is 0 Å². The summed E-state index contributed by atoms with van der Waals surface area (Å²) < 4.78 is 0. The molecule has 1 N–H and O–H groups in total. The maximum absolute atomic E-state index is 11.2. The molecule has 90 valence electrons. The third-order valence-electron chi connectivity index (χ3n) is 1.89. The van der Waals surface area contributed by atoms with Crippen LogP contribution >= 0.6 is 35.0 Å². The van der Waals surface area contributed by atoms with Crippen molar-refractivity contribution in [2.24, 2.45) is 0 Å². The van der Waals surface area contributed by atoms with Gasteiger partial charge in [0.1, 0.15) is 0 Å². The second-order valence-electron chi connectivity index (χ2n) is 3.21. The Labute approximate surface area is 115 Å². The standard InChI is InChI=1S/C12H11Cl2NOS/c1-2-5-15-12(16)8-17-7-9-3-4-10(13)6-11(9)14/h1,3-4,6H,5,7-8H2,(H,15,16). The minimum Gasteiger partial charge on any atom is -0.344 e. The fourth-order valence-corrected chi connectivity index (χ4v) is 2.51. The Bertz CT molecular complexity index is 443. The number of hydrogen-bond acceptors (Lipinski definition) is 2. The van der Waals surface area contributed by atoms with Crippen molar-refractivity contribution in [1.82, 2.24) is 5.32 Å². The molecule has 0 unspecified atom stereocenters. The van der Waals surface area contributed by atoms with Crippen LogP contribution in [-0.4, -0.2) is 18.2 Å². The fraction of sp³-hybridized carbons (Fsp3) is 0.250. The first-order valence-corrected chi connectivity index (χ1v) is 6.76. The minimum absolute atomic E-state index is 0.0713. The second kappa shape index (κ2) is 7.50. The van der Waals surface area contributed by atoms with Gasteiger partial charge in [0.25, 0.3) is 0 Å². The van der Waals surface area contributed by atoms with Gasteiger partial charge in [0.05, 0.1) is 12.3 Å². The monoisotopic (exact) mass is 287 g/mol. The Hall–Kier alpha value is -0.820. The van der Waals surface area contributed by atoms with Crippen molar-refractivity contribution >= 4 is 40.9 Å². The molecule has 17 heavy (non-hydrogen) atoms. The van der Waals surface area contributed by atoms with Gasteiger partial charge in [-0.05, 0) is 17.7 Å². The van der Waals surface area contributed by atoms with Gasteiger partial charge in [0.2, 0.25) is 5.91 Å². The summed E-state index contributed by atoms with van der Waals surface area (Å²) in [5, 5.41) is 3.82. The van der Waals surface area contributed by atoms with E-state index < -0.39 is 0 Å². The lowest BCUT2D eigenvalue weighted by molar-refractivity contribution is -0.118. The number of hydrogen-bond donors (Lipinski definition) is 1. The number of carbonyl (C=O) groups excluding carboxylic acids is 1. The molecular weight excluding hydrogens is 277 g/mol. The van der Waals surface area contributed by atoms with Crippen LogP contribution in [0.25, 0.3) is 0 Å². The lowest BCUT2D eigenvalue weighted by Crippen LogP contribution is -2.25. The van der Waals surface area contributed by atoms with Gasteiger partial charge in [0, 0.05) is 15.8 Å². The molecule has 0 radical (unpaired) electrons. The van der Waals surface area contributed by atoms with E-state index >= 15 is 0 Å². The number of nitrogens with one attached hydrogen (secondary N) is 1. The lowest BCUT2D eigenvalue weighted by atomic mass is 10.2. The van der Waals surface area contributed by atoms with E-state index in [1.807, 2.05) is 6.07 Å². The first-order valence-electron chi connectivity index (χ1n) is 4.85. The number of terminal acetylenes is 1. The molecule has 1 amide bonds. The molecule has 0 aliphatic heterocycles. The zero-order valence-electron chi connectivity index (χ0n) is 9.00. The Balaban J connectivity index is 2.36. The zero-order chi connectivity index (χ0) is 12.7. The molecule has 0 aliphatic rings. The number of thioether (sulfide) groups is 1. The predicted molar refractivity (Wildman–Crippen MR) is 74.5 cm³/mol. The van der Waals surface area contributed by atoms with E-state index in [0.29, 0.717) is 21.6 Å². The third-order valence-corrected chi connectivity index (χ3v) is 3.46. The van der Waals surface area contributed by atoms with Crippen molar-refractivity contribution in [3.8, 4) is 12.3 Å². The molecule has 0 aliphatic carbocycles. The van der Waals surface area contributed by atoms with E-state index in [-0.39, 0.29) is 12.5 Å². The Morgan fingerprint density at radius 1 is 1.47 bits per heavy atom. The van der Waals surface area contributed by atoms with Crippen LogP contribution in [0.3, 0.4) is 0 Å². The van der Waals surface area contributed by atoms with Crippen LogP contribution in [0.4, 0.5) is 0 Å². The maximum Gasteiger partial charge on any atom is 0.230 e. The summed E-state index contributed by atoms with van der Waals surface area (Å²) >= 11 is 13.3. The second-order valence-corrected chi connectivity index (χ2v) is 5.04. The van der Waals surface area contributed by atoms with Gasteiger partial charge in [-0.3, -0.25) is 4.79 Å². The molecule has 0 fully saturated rings. The summed E-state index contributed by atoms with van der Waals surface area (Å²) in [6.07, 6.45) is 5.03. The van der Waals surface area contributed by atoms with E-state index in [4.69, 9.17) is 29.6 Å². The number of amides is 1. The summed E-state index contributed by atoms with van der Waals surface area (Å²) in [5.74, 6) is 3.30. The average molecular weight is 288 g/mol. The maximum atomic E-state index is 11.2. The molecule has 0 aromatic heterocycles. The van der Waals surface area contributed by atoms with Crippen LogP contribution in [-0.2, 0) is 10.5 Å². The van der Waals surface area contributed by atoms with Crippen molar-refractivity contribution in [1.29, 1.82) is 0 Å². The van der Waals surface area contributed by atoms with E-state index in [1.165, 1.54) is 11.8 Å². The summed E-state index contributed by atoms with van der Waals surface area (Å²) in [7, 11) is 0. The largest absolute Gasteiger partial charge is 0.344 e. The Kier molecular flexibility index (Phi) is 6.28. The number of halogens is 2. The predicted octanol–water partition coefficient (Wildman–Crippen LogP) is 2.98. The molecule has 2 nitrogen and oxygen atoms in total. The van der Waals surface area contributed by atoms with Crippen LogP contribution in [0.5, 0.6) is 0 Å². The molecule has 0 bridgehead atoms. The highest BCUT2D eigenvalue weighted by Gasteiger charge is 2.04. The molecule has 1 aromatic rings. The summed E-state index contributed by atoms with van der Waals surface area (Å²) in [4.78, 5) is 11.2. The van der Waals surface area contributed by atoms with Crippen LogP contribution in [0.1, 0.15) is 5.56 Å². The van der Waals surface area contributed by atoms with E-state index in [1.54, 1.807) is 12.1 Å². The molecule has 0 saturated heterocycles. The Morgan fingerprint density at radius 3 is 2.88 bits per heavy atom. The average Bonchev–Trinajstić information content (AvgIpc) is 2.29. The van der Waals surface area contributed by atoms with Crippen LogP contribution in [0.15, 0.2) is 18.2 Å². The van der Waals surface area contributed by atoms with Crippen molar-refractivity contribution in [2.75, 3.05) is 12.3 Å². The van der Waals surface area contributed by atoms with Gasteiger partial charge >= 0.3 is 0 Å². The van der Waals surface area contributed by atoms with E-state index in [9.17, 15) is 4.79 Å². The smallest absolute Gasteiger partial charge is 0.230 e. The lowest BCUT2D eigenvalue weighted by Gasteiger charge is -2.04. The SMILES string of the molecule is C#CCNC(=O)CSCc1ccc(Cl)cc1Cl. The normalized spacial score (nSPS) is 9.71. The molecule has 0 saturated carbocycles. The number of benzene rings is 1. The van der Waals surface area contributed by atoms with Crippen molar-refractivity contribution in [3.05, 3.63) is 33.8 Å². The first kappa shape index (κ1) is 14.2. The molecule has 5 heteroatoms. The van der Waals surface area contributed by atoms with E-state index in [2.05, 4.69) is 11.2 Å². The van der Waals surface area contributed by atoms with Gasteiger partial charge in [-0.15, -0.1) is 18.2 Å². The molecule has 1 rings (SSSR count). The molecule has 0 heterocycles. The topological polar surface area (TPSA) is 29.1 Å². The fourth-order valence-electron chi connectivity index (χ4n) is 1.09. The van der Waals surface area contributed by atoms with Crippen molar-refractivity contribution in [3.63, 3.8) is 0 Å². The molecule has 1 aromatic carbocycles. The highest BCUT2D eigenvalue weighted by molar-refractivity contribution is 7.99. The molecular formula is C12H11Cl2NOS. The summed E-state index contributed by atoms with van der Waals surface area (Å²) in [6.45, 7) is 0.265. The van der Waals surface area contributed by atoms with Gasteiger partial charge < -0.3 is 5.32 Å². The zero-order valence-corrected chi connectivity index (χ0v) is 11.3. The van der Waals surface area contributed by atoms with Crippen molar-refractivity contribution < 1.29 is 4.79 Å². The molecule has 0 spiro atoms. The van der Waals surface area contributed by atoms with Crippen molar-refractivity contribution in [2.45, 2.75) is 5.75 Å². The molecule has 0 atom stereocenters. The number of carbonyl (C=O) groups is 1.